The molecular weight excluding hydrogens is 260 g/mol. The number of nitrogens with one attached hydrogen (secondary N) is 1. The average molecular weight is 280 g/mol. The van der Waals surface area contributed by atoms with Gasteiger partial charge in [-0.05, 0) is 31.2 Å². The molecule has 108 valence electrons. The summed E-state index contributed by atoms with van der Waals surface area (Å²) >= 11 is 0. The fourth-order valence-electron chi connectivity index (χ4n) is 2.61. The zero-order valence-electron chi connectivity index (χ0n) is 12.3. The summed E-state index contributed by atoms with van der Waals surface area (Å²) in [5.74, 6) is 0. The van der Waals surface area contributed by atoms with Gasteiger partial charge in [-0.1, -0.05) is 31.2 Å². The Labute approximate surface area is 125 Å². The number of rotatable bonds is 6. The number of aromatic nitrogens is 1. The van der Waals surface area contributed by atoms with Crippen molar-refractivity contribution in [3.05, 3.63) is 66.2 Å². The normalized spacial score (nSPS) is 12.6. The average Bonchev–Trinajstić information content (AvgIpc) is 2.96. The summed E-state index contributed by atoms with van der Waals surface area (Å²) in [4.78, 5) is 4.45. The van der Waals surface area contributed by atoms with Gasteiger partial charge < -0.3 is 9.73 Å². The number of furan rings is 1. The Morgan fingerprint density at radius 3 is 2.81 bits per heavy atom. The minimum atomic E-state index is 0.225. The van der Waals surface area contributed by atoms with Crippen LogP contribution in [0.3, 0.4) is 0 Å². The lowest BCUT2D eigenvalue weighted by Crippen LogP contribution is -2.24. The van der Waals surface area contributed by atoms with Gasteiger partial charge in [-0.3, -0.25) is 4.98 Å². The summed E-state index contributed by atoms with van der Waals surface area (Å²) in [6.45, 7) is 3.16. The molecule has 21 heavy (non-hydrogen) atoms. The van der Waals surface area contributed by atoms with Crippen LogP contribution in [-0.2, 0) is 6.42 Å². The standard InChI is InChI=1S/C18H20N2O/c1-2-10-20-17(12-14-7-5-6-11-19-14)16-13-21-18-9-4-3-8-15(16)18/h3-9,11,13,17,20H,2,10,12H2,1H3. The Morgan fingerprint density at radius 2 is 2.00 bits per heavy atom. The first-order chi connectivity index (χ1) is 10.4. The van der Waals surface area contributed by atoms with E-state index in [0.29, 0.717) is 0 Å². The first kappa shape index (κ1) is 13.8. The largest absolute Gasteiger partial charge is 0.464 e. The van der Waals surface area contributed by atoms with Crippen LogP contribution in [0.25, 0.3) is 11.0 Å². The molecule has 0 radical (unpaired) electrons. The van der Waals surface area contributed by atoms with Gasteiger partial charge in [0.05, 0.1) is 6.26 Å². The second kappa shape index (κ2) is 6.55. The highest BCUT2D eigenvalue weighted by molar-refractivity contribution is 5.81. The molecule has 2 heterocycles. The van der Waals surface area contributed by atoms with Crippen molar-refractivity contribution >= 4 is 11.0 Å². The number of pyridine rings is 1. The smallest absolute Gasteiger partial charge is 0.134 e. The summed E-state index contributed by atoms with van der Waals surface area (Å²) in [6.07, 6.45) is 5.69. The van der Waals surface area contributed by atoms with E-state index in [0.717, 1.165) is 30.7 Å². The van der Waals surface area contributed by atoms with E-state index < -0.39 is 0 Å². The third-order valence-corrected chi connectivity index (χ3v) is 3.67. The molecular formula is C18H20N2O. The van der Waals surface area contributed by atoms with Gasteiger partial charge in [0.2, 0.25) is 0 Å². The van der Waals surface area contributed by atoms with E-state index in [1.807, 2.05) is 36.7 Å². The number of benzene rings is 1. The van der Waals surface area contributed by atoms with Crippen molar-refractivity contribution in [1.82, 2.24) is 10.3 Å². The molecule has 0 fully saturated rings. The number of para-hydroxylation sites is 1. The van der Waals surface area contributed by atoms with Crippen molar-refractivity contribution in [2.75, 3.05) is 6.54 Å². The molecule has 0 saturated heterocycles. The Hall–Kier alpha value is -2.13. The predicted molar refractivity (Wildman–Crippen MR) is 85.2 cm³/mol. The van der Waals surface area contributed by atoms with Crippen molar-refractivity contribution in [2.45, 2.75) is 25.8 Å². The second-order valence-corrected chi connectivity index (χ2v) is 5.22. The zero-order chi connectivity index (χ0) is 14.5. The number of nitrogens with zero attached hydrogens (tertiary/aromatic N) is 1. The highest BCUT2D eigenvalue weighted by Gasteiger charge is 2.17. The van der Waals surface area contributed by atoms with Crippen LogP contribution in [0.1, 0.15) is 30.6 Å². The van der Waals surface area contributed by atoms with Crippen molar-refractivity contribution in [3.63, 3.8) is 0 Å². The molecule has 1 N–H and O–H groups in total. The van der Waals surface area contributed by atoms with E-state index in [9.17, 15) is 0 Å². The quantitative estimate of drug-likeness (QED) is 0.738. The maximum absolute atomic E-state index is 5.69. The molecule has 0 bridgehead atoms. The van der Waals surface area contributed by atoms with Crippen molar-refractivity contribution in [1.29, 1.82) is 0 Å². The molecule has 1 atom stereocenters. The van der Waals surface area contributed by atoms with Crippen molar-refractivity contribution < 1.29 is 4.42 Å². The lowest BCUT2D eigenvalue weighted by atomic mass is 10.0. The lowest BCUT2D eigenvalue weighted by Gasteiger charge is -2.17. The molecule has 3 rings (SSSR count). The monoisotopic (exact) mass is 280 g/mol. The van der Waals surface area contributed by atoms with Crippen LogP contribution in [0, 0.1) is 0 Å². The van der Waals surface area contributed by atoms with Gasteiger partial charge in [-0.2, -0.15) is 0 Å². The second-order valence-electron chi connectivity index (χ2n) is 5.22. The molecule has 3 heteroatoms. The minimum absolute atomic E-state index is 0.225. The van der Waals surface area contributed by atoms with E-state index in [2.05, 4.69) is 35.4 Å². The molecule has 0 aliphatic rings. The van der Waals surface area contributed by atoms with Crippen LogP contribution in [0.15, 0.2) is 59.3 Å². The predicted octanol–water partition coefficient (Wildman–Crippen LogP) is 4.11. The summed E-state index contributed by atoms with van der Waals surface area (Å²) in [7, 11) is 0. The van der Waals surface area contributed by atoms with Crippen LogP contribution in [0.2, 0.25) is 0 Å². The maximum Gasteiger partial charge on any atom is 0.134 e. The molecule has 3 nitrogen and oxygen atoms in total. The summed E-state index contributed by atoms with van der Waals surface area (Å²) < 4.78 is 5.69. The van der Waals surface area contributed by atoms with Gasteiger partial charge >= 0.3 is 0 Å². The van der Waals surface area contributed by atoms with Gasteiger partial charge in [0.1, 0.15) is 5.58 Å². The van der Waals surface area contributed by atoms with E-state index in [-0.39, 0.29) is 6.04 Å². The van der Waals surface area contributed by atoms with Crippen LogP contribution in [-0.4, -0.2) is 11.5 Å². The Bertz CT molecular complexity index is 691. The topological polar surface area (TPSA) is 38.1 Å². The maximum atomic E-state index is 5.69. The Kier molecular flexibility index (Phi) is 4.31. The van der Waals surface area contributed by atoms with E-state index in [1.54, 1.807) is 0 Å². The molecule has 0 spiro atoms. The molecule has 3 aromatic rings. The third kappa shape index (κ3) is 3.14. The fraction of sp³-hybridized carbons (Fsp3) is 0.278. The SMILES string of the molecule is CCCNC(Cc1ccccn1)c1coc2ccccc12. The highest BCUT2D eigenvalue weighted by Crippen LogP contribution is 2.28. The molecule has 1 unspecified atom stereocenters. The molecule has 0 aliphatic heterocycles. The summed E-state index contributed by atoms with van der Waals surface area (Å²) in [5.41, 5.74) is 3.25. The highest BCUT2D eigenvalue weighted by atomic mass is 16.3. The third-order valence-electron chi connectivity index (χ3n) is 3.67. The van der Waals surface area contributed by atoms with E-state index >= 15 is 0 Å². The summed E-state index contributed by atoms with van der Waals surface area (Å²) in [6, 6.07) is 14.5. The van der Waals surface area contributed by atoms with Gasteiger partial charge in [0.15, 0.2) is 0 Å². The summed E-state index contributed by atoms with van der Waals surface area (Å²) in [5, 5.41) is 4.79. The first-order valence-corrected chi connectivity index (χ1v) is 7.48. The molecule has 0 saturated carbocycles. The van der Waals surface area contributed by atoms with Crippen LogP contribution < -0.4 is 5.32 Å². The van der Waals surface area contributed by atoms with Gasteiger partial charge in [-0.25, -0.2) is 0 Å². The van der Waals surface area contributed by atoms with Gasteiger partial charge in [0.25, 0.3) is 0 Å². The van der Waals surface area contributed by atoms with Crippen LogP contribution >= 0.6 is 0 Å². The van der Waals surface area contributed by atoms with Crippen molar-refractivity contribution in [2.24, 2.45) is 0 Å². The Morgan fingerprint density at radius 1 is 1.14 bits per heavy atom. The molecule has 1 aromatic carbocycles. The number of fused-ring (bicyclic) bond motifs is 1. The first-order valence-electron chi connectivity index (χ1n) is 7.48. The minimum Gasteiger partial charge on any atom is -0.464 e. The Balaban J connectivity index is 1.91. The van der Waals surface area contributed by atoms with Crippen molar-refractivity contribution in [3.8, 4) is 0 Å². The van der Waals surface area contributed by atoms with E-state index in [4.69, 9.17) is 4.42 Å². The lowest BCUT2D eigenvalue weighted by molar-refractivity contribution is 0.515. The molecule has 0 aliphatic carbocycles. The molecule has 2 aromatic heterocycles. The number of hydrogen-bond acceptors (Lipinski definition) is 3. The van der Waals surface area contributed by atoms with Crippen LogP contribution in [0.5, 0.6) is 0 Å². The van der Waals surface area contributed by atoms with Crippen LogP contribution in [0.4, 0.5) is 0 Å². The number of hydrogen-bond donors (Lipinski definition) is 1. The zero-order valence-corrected chi connectivity index (χ0v) is 12.3. The van der Waals surface area contributed by atoms with Gasteiger partial charge in [-0.15, -0.1) is 0 Å². The van der Waals surface area contributed by atoms with Gasteiger partial charge in [0, 0.05) is 35.3 Å². The molecule has 0 amide bonds. The van der Waals surface area contributed by atoms with E-state index in [1.165, 1.54) is 10.9 Å². The fourth-order valence-corrected chi connectivity index (χ4v) is 2.61.